The summed E-state index contributed by atoms with van der Waals surface area (Å²) in [5.74, 6) is -0.719. The van der Waals surface area contributed by atoms with E-state index in [0.717, 1.165) is 29.3 Å². The number of hydrogen-bond donors (Lipinski definition) is 1. The third kappa shape index (κ3) is 3.36. The van der Waals surface area contributed by atoms with Gasteiger partial charge < -0.3 is 9.84 Å². The average Bonchev–Trinajstić information content (AvgIpc) is 2.41. The minimum absolute atomic E-state index is 0.158. The number of ether oxygens (including phenoxy) is 1. The molecular weight excluding hydrogens is 276 g/mol. The lowest BCUT2D eigenvalue weighted by atomic mass is 10.0. The van der Waals surface area contributed by atoms with Crippen LogP contribution >= 0.6 is 0 Å². The van der Waals surface area contributed by atoms with Crippen LogP contribution in [0.4, 0.5) is 8.78 Å². The zero-order valence-electron chi connectivity index (χ0n) is 12.2. The lowest BCUT2D eigenvalue weighted by Crippen LogP contribution is -2.07. The van der Waals surface area contributed by atoms with Crippen LogP contribution in [-0.2, 0) is 6.42 Å². The molecule has 0 fully saturated rings. The van der Waals surface area contributed by atoms with E-state index in [2.05, 4.69) is 4.98 Å². The summed E-state index contributed by atoms with van der Waals surface area (Å²) < 4.78 is 31.7. The van der Waals surface area contributed by atoms with Crippen molar-refractivity contribution in [2.24, 2.45) is 0 Å². The molecule has 0 amide bonds. The van der Waals surface area contributed by atoms with E-state index in [1.54, 1.807) is 13.3 Å². The van der Waals surface area contributed by atoms with Crippen molar-refractivity contribution in [1.29, 1.82) is 0 Å². The molecule has 1 N–H and O–H groups in total. The van der Waals surface area contributed by atoms with Gasteiger partial charge in [0.1, 0.15) is 17.4 Å². The van der Waals surface area contributed by atoms with Crippen LogP contribution in [0.25, 0.3) is 0 Å². The number of methoxy groups -OCH3 is 1. The number of hydrogen-bond acceptors (Lipinski definition) is 3. The molecule has 1 heterocycles. The Bertz CT molecular complexity index is 639. The van der Waals surface area contributed by atoms with E-state index >= 15 is 0 Å². The van der Waals surface area contributed by atoms with Crippen molar-refractivity contribution < 1.29 is 18.6 Å². The van der Waals surface area contributed by atoms with Gasteiger partial charge in [-0.15, -0.1) is 0 Å². The predicted octanol–water partition coefficient (Wildman–Crippen LogP) is 3.26. The number of rotatable bonds is 4. The van der Waals surface area contributed by atoms with Crippen molar-refractivity contribution in [2.45, 2.75) is 26.4 Å². The molecule has 0 saturated heterocycles. The highest BCUT2D eigenvalue weighted by atomic mass is 19.1. The minimum Gasteiger partial charge on any atom is -0.496 e. The van der Waals surface area contributed by atoms with Gasteiger partial charge in [-0.3, -0.25) is 4.98 Å². The van der Waals surface area contributed by atoms with Crippen LogP contribution in [0.15, 0.2) is 24.4 Å². The molecule has 0 aliphatic carbocycles. The molecule has 0 aliphatic heterocycles. The molecule has 5 heteroatoms. The minimum atomic E-state index is -1.03. The summed E-state index contributed by atoms with van der Waals surface area (Å²) in [7, 11) is 1.57. The maximum Gasteiger partial charge on any atom is 0.128 e. The number of halogens is 2. The Morgan fingerprint density at radius 3 is 2.38 bits per heavy atom. The topological polar surface area (TPSA) is 42.4 Å². The summed E-state index contributed by atoms with van der Waals surface area (Å²) in [6.07, 6.45) is 0.777. The highest BCUT2D eigenvalue weighted by molar-refractivity contribution is 5.41. The van der Waals surface area contributed by atoms with Gasteiger partial charge in [0.25, 0.3) is 0 Å². The lowest BCUT2D eigenvalue weighted by Gasteiger charge is -2.15. The second-order valence-corrected chi connectivity index (χ2v) is 4.97. The molecule has 0 saturated carbocycles. The van der Waals surface area contributed by atoms with Gasteiger partial charge in [0.05, 0.1) is 13.2 Å². The van der Waals surface area contributed by atoms with Crippen molar-refractivity contribution in [3.8, 4) is 5.75 Å². The van der Waals surface area contributed by atoms with Crippen LogP contribution in [0.2, 0.25) is 0 Å². The maximum atomic E-state index is 13.2. The summed E-state index contributed by atoms with van der Waals surface area (Å²) in [6.45, 7) is 3.72. The number of nitrogens with zero attached hydrogens (tertiary/aromatic N) is 1. The molecule has 112 valence electrons. The standard InChI is InChI=1S/C16H17F2NO2/c1-9-8-19-14(10(2)16(9)21-3)7-15(20)11-4-12(17)6-13(18)5-11/h4-6,8,15,20H,7H2,1-3H3. The molecule has 2 rings (SSSR count). The number of benzene rings is 1. The van der Waals surface area contributed by atoms with Crippen LogP contribution in [-0.4, -0.2) is 17.2 Å². The molecular formula is C16H17F2NO2. The van der Waals surface area contributed by atoms with E-state index in [-0.39, 0.29) is 12.0 Å². The highest BCUT2D eigenvalue weighted by Crippen LogP contribution is 2.27. The van der Waals surface area contributed by atoms with Crippen molar-refractivity contribution in [3.63, 3.8) is 0 Å². The number of aromatic nitrogens is 1. The molecule has 1 aromatic carbocycles. The maximum absolute atomic E-state index is 13.2. The van der Waals surface area contributed by atoms with Gasteiger partial charge in [-0.25, -0.2) is 8.78 Å². The van der Waals surface area contributed by atoms with Crippen molar-refractivity contribution in [1.82, 2.24) is 4.98 Å². The molecule has 0 spiro atoms. The molecule has 1 aromatic heterocycles. The lowest BCUT2D eigenvalue weighted by molar-refractivity contribution is 0.176. The average molecular weight is 293 g/mol. The number of aryl methyl sites for hydroxylation is 1. The smallest absolute Gasteiger partial charge is 0.128 e. The SMILES string of the molecule is COc1c(C)cnc(CC(O)c2cc(F)cc(F)c2)c1C. The van der Waals surface area contributed by atoms with Crippen LogP contribution in [0.1, 0.15) is 28.5 Å². The predicted molar refractivity (Wildman–Crippen MR) is 75.3 cm³/mol. The van der Waals surface area contributed by atoms with Gasteiger partial charge in [-0.1, -0.05) is 0 Å². The quantitative estimate of drug-likeness (QED) is 0.941. The highest BCUT2D eigenvalue weighted by Gasteiger charge is 2.16. The van der Waals surface area contributed by atoms with Crippen LogP contribution in [0.3, 0.4) is 0 Å². The van der Waals surface area contributed by atoms with Gasteiger partial charge >= 0.3 is 0 Å². The second kappa shape index (κ2) is 6.18. The largest absolute Gasteiger partial charge is 0.496 e. The Balaban J connectivity index is 2.29. The zero-order valence-corrected chi connectivity index (χ0v) is 12.2. The fourth-order valence-electron chi connectivity index (χ4n) is 2.35. The van der Waals surface area contributed by atoms with Crippen LogP contribution in [0, 0.1) is 25.5 Å². The molecule has 2 aromatic rings. The molecule has 1 atom stereocenters. The van der Waals surface area contributed by atoms with Gasteiger partial charge in [-0.2, -0.15) is 0 Å². The first-order chi connectivity index (χ1) is 9.92. The first-order valence-electron chi connectivity index (χ1n) is 6.55. The molecule has 0 aliphatic rings. The van der Waals surface area contributed by atoms with E-state index in [1.807, 2.05) is 13.8 Å². The number of aliphatic hydroxyl groups is 1. The van der Waals surface area contributed by atoms with Gasteiger partial charge in [0.2, 0.25) is 0 Å². The third-order valence-electron chi connectivity index (χ3n) is 3.41. The Kier molecular flexibility index (Phi) is 4.53. The molecule has 1 unspecified atom stereocenters. The first kappa shape index (κ1) is 15.4. The summed E-state index contributed by atoms with van der Waals surface area (Å²) in [4.78, 5) is 4.27. The van der Waals surface area contributed by atoms with E-state index < -0.39 is 17.7 Å². The first-order valence-corrected chi connectivity index (χ1v) is 6.55. The molecule has 0 bridgehead atoms. The Morgan fingerprint density at radius 2 is 1.81 bits per heavy atom. The van der Waals surface area contributed by atoms with E-state index in [1.165, 1.54) is 0 Å². The van der Waals surface area contributed by atoms with E-state index in [9.17, 15) is 13.9 Å². The van der Waals surface area contributed by atoms with Crippen LogP contribution < -0.4 is 4.74 Å². The molecule has 0 radical (unpaired) electrons. The third-order valence-corrected chi connectivity index (χ3v) is 3.41. The Morgan fingerprint density at radius 1 is 1.19 bits per heavy atom. The number of pyridine rings is 1. The van der Waals surface area contributed by atoms with E-state index in [4.69, 9.17) is 4.74 Å². The fraction of sp³-hybridized carbons (Fsp3) is 0.312. The Hall–Kier alpha value is -2.01. The van der Waals surface area contributed by atoms with Gasteiger partial charge in [0.15, 0.2) is 0 Å². The summed E-state index contributed by atoms with van der Waals surface area (Å²) >= 11 is 0. The van der Waals surface area contributed by atoms with Gasteiger partial charge in [-0.05, 0) is 31.5 Å². The summed E-state index contributed by atoms with van der Waals surface area (Å²) in [6, 6.07) is 3.01. The molecule has 3 nitrogen and oxygen atoms in total. The Labute approximate surface area is 122 Å². The summed E-state index contributed by atoms with van der Waals surface area (Å²) in [5, 5.41) is 10.2. The summed E-state index contributed by atoms with van der Waals surface area (Å²) in [5.41, 5.74) is 2.53. The van der Waals surface area contributed by atoms with Crippen molar-refractivity contribution >= 4 is 0 Å². The van der Waals surface area contributed by atoms with Crippen LogP contribution in [0.5, 0.6) is 5.75 Å². The molecule has 21 heavy (non-hydrogen) atoms. The van der Waals surface area contributed by atoms with E-state index in [0.29, 0.717) is 11.4 Å². The second-order valence-electron chi connectivity index (χ2n) is 4.97. The van der Waals surface area contributed by atoms with Crippen molar-refractivity contribution in [2.75, 3.05) is 7.11 Å². The fourth-order valence-corrected chi connectivity index (χ4v) is 2.35. The number of aliphatic hydroxyl groups excluding tert-OH is 1. The monoisotopic (exact) mass is 293 g/mol. The normalized spacial score (nSPS) is 12.3. The van der Waals surface area contributed by atoms with Gasteiger partial charge in [0, 0.05) is 35.5 Å². The zero-order chi connectivity index (χ0) is 15.6. The van der Waals surface area contributed by atoms with Crippen molar-refractivity contribution in [3.05, 3.63) is 58.4 Å².